The number of rotatable bonds is 3. The van der Waals surface area contributed by atoms with Crippen LogP contribution in [0.1, 0.15) is 30.6 Å². The zero-order valence-corrected chi connectivity index (χ0v) is 9.13. The molecule has 0 spiro atoms. The van der Waals surface area contributed by atoms with Crippen LogP contribution in [0.3, 0.4) is 0 Å². The summed E-state index contributed by atoms with van der Waals surface area (Å²) >= 11 is 7.58. The van der Waals surface area contributed by atoms with Crippen LogP contribution >= 0.6 is 22.9 Å². The number of hydrogen-bond acceptors (Lipinski definition) is 2. The van der Waals surface area contributed by atoms with Crippen LogP contribution in [0.15, 0.2) is 11.4 Å². The molecule has 1 aromatic rings. The first-order valence-electron chi connectivity index (χ1n) is 4.81. The van der Waals surface area contributed by atoms with Crippen molar-refractivity contribution in [2.24, 2.45) is 0 Å². The van der Waals surface area contributed by atoms with Crippen molar-refractivity contribution in [2.75, 3.05) is 0 Å². The summed E-state index contributed by atoms with van der Waals surface area (Å²) in [6.07, 6.45) is 5.48. The van der Waals surface area contributed by atoms with Gasteiger partial charge in [0.25, 0.3) is 0 Å². The van der Waals surface area contributed by atoms with Crippen molar-refractivity contribution in [1.82, 2.24) is 5.32 Å². The van der Waals surface area contributed by atoms with Gasteiger partial charge in [0, 0.05) is 22.8 Å². The van der Waals surface area contributed by atoms with Gasteiger partial charge in [0.1, 0.15) is 0 Å². The summed E-state index contributed by atoms with van der Waals surface area (Å²) in [5, 5.41) is 6.42. The minimum absolute atomic E-state index is 0.751. The quantitative estimate of drug-likeness (QED) is 0.815. The maximum absolute atomic E-state index is 5.84. The lowest BCUT2D eigenvalue weighted by molar-refractivity contribution is 0.527. The van der Waals surface area contributed by atoms with Crippen LogP contribution in [0, 0.1) is 0 Å². The maximum atomic E-state index is 5.84. The van der Waals surface area contributed by atoms with Crippen LogP contribution in [0.5, 0.6) is 0 Å². The van der Waals surface area contributed by atoms with E-state index in [2.05, 4.69) is 5.32 Å². The highest BCUT2D eigenvalue weighted by Crippen LogP contribution is 2.21. The third-order valence-electron chi connectivity index (χ3n) is 2.54. The van der Waals surface area contributed by atoms with Crippen molar-refractivity contribution in [1.29, 1.82) is 0 Å². The Morgan fingerprint density at radius 2 is 2.23 bits per heavy atom. The summed E-state index contributed by atoms with van der Waals surface area (Å²) in [6.45, 7) is 0.988. The zero-order chi connectivity index (χ0) is 9.10. The number of halogens is 1. The van der Waals surface area contributed by atoms with E-state index < -0.39 is 0 Å². The molecular weight excluding hydrogens is 202 g/mol. The van der Waals surface area contributed by atoms with E-state index >= 15 is 0 Å². The van der Waals surface area contributed by atoms with Crippen molar-refractivity contribution in [3.05, 3.63) is 21.3 Å². The molecule has 2 rings (SSSR count). The minimum atomic E-state index is 0.751. The number of hydrogen-bond donors (Lipinski definition) is 1. The molecule has 0 amide bonds. The molecule has 1 aliphatic rings. The van der Waals surface area contributed by atoms with Gasteiger partial charge >= 0.3 is 0 Å². The average Bonchev–Trinajstić information content (AvgIpc) is 2.71. The molecule has 1 heterocycles. The molecule has 0 radical (unpaired) electrons. The summed E-state index contributed by atoms with van der Waals surface area (Å²) in [4.78, 5) is 1.34. The molecule has 0 aliphatic heterocycles. The molecule has 1 aliphatic carbocycles. The third-order valence-corrected chi connectivity index (χ3v) is 3.83. The number of thiophene rings is 1. The SMILES string of the molecule is Clc1csc(CNC2CCCC2)c1. The fourth-order valence-electron chi connectivity index (χ4n) is 1.82. The second-order valence-electron chi connectivity index (χ2n) is 3.59. The maximum Gasteiger partial charge on any atom is 0.0516 e. The smallest absolute Gasteiger partial charge is 0.0516 e. The van der Waals surface area contributed by atoms with Crippen LogP contribution in [-0.4, -0.2) is 6.04 Å². The summed E-state index contributed by atoms with van der Waals surface area (Å²) in [6, 6.07) is 2.80. The van der Waals surface area contributed by atoms with Gasteiger partial charge in [-0.3, -0.25) is 0 Å². The van der Waals surface area contributed by atoms with Crippen molar-refractivity contribution in [2.45, 2.75) is 38.3 Å². The standard InChI is InChI=1S/C10H14ClNS/c11-8-5-10(13-7-8)6-12-9-3-1-2-4-9/h5,7,9,12H,1-4,6H2. The van der Waals surface area contributed by atoms with Crippen molar-refractivity contribution < 1.29 is 0 Å². The molecule has 1 fully saturated rings. The van der Waals surface area contributed by atoms with Gasteiger partial charge in [-0.05, 0) is 18.9 Å². The van der Waals surface area contributed by atoms with Crippen molar-refractivity contribution in [3.8, 4) is 0 Å². The van der Waals surface area contributed by atoms with Crippen LogP contribution < -0.4 is 5.32 Å². The molecular formula is C10H14ClNS. The largest absolute Gasteiger partial charge is 0.309 e. The van der Waals surface area contributed by atoms with E-state index in [9.17, 15) is 0 Å². The molecule has 1 aromatic heterocycles. The highest BCUT2D eigenvalue weighted by molar-refractivity contribution is 7.10. The Morgan fingerprint density at radius 3 is 2.85 bits per heavy atom. The third kappa shape index (κ3) is 2.70. The normalized spacial score (nSPS) is 18.2. The van der Waals surface area contributed by atoms with E-state index in [1.165, 1.54) is 30.6 Å². The molecule has 3 heteroatoms. The Kier molecular flexibility index (Phi) is 3.25. The lowest BCUT2D eigenvalue weighted by Crippen LogP contribution is -2.24. The minimum Gasteiger partial charge on any atom is -0.309 e. The molecule has 1 saturated carbocycles. The van der Waals surface area contributed by atoms with E-state index in [-0.39, 0.29) is 0 Å². The Bertz CT molecular complexity index is 266. The molecule has 1 nitrogen and oxygen atoms in total. The zero-order valence-electron chi connectivity index (χ0n) is 7.55. The Hall–Kier alpha value is -0.0500. The van der Waals surface area contributed by atoms with Crippen molar-refractivity contribution >= 4 is 22.9 Å². The monoisotopic (exact) mass is 215 g/mol. The second kappa shape index (κ2) is 4.45. The second-order valence-corrected chi connectivity index (χ2v) is 5.03. The Morgan fingerprint density at radius 1 is 1.46 bits per heavy atom. The molecule has 72 valence electrons. The Balaban J connectivity index is 1.78. The first kappa shape index (κ1) is 9.50. The Labute approximate surface area is 88.1 Å². The van der Waals surface area contributed by atoms with Crippen LogP contribution in [-0.2, 0) is 6.54 Å². The predicted molar refractivity (Wildman–Crippen MR) is 58.4 cm³/mol. The topological polar surface area (TPSA) is 12.0 Å². The van der Waals surface area contributed by atoms with Gasteiger partial charge in [0.05, 0.1) is 5.02 Å². The van der Waals surface area contributed by atoms with Gasteiger partial charge in [0.2, 0.25) is 0 Å². The van der Waals surface area contributed by atoms with Gasteiger partial charge in [0.15, 0.2) is 0 Å². The van der Waals surface area contributed by atoms with Crippen LogP contribution in [0.2, 0.25) is 5.02 Å². The fraction of sp³-hybridized carbons (Fsp3) is 0.600. The lowest BCUT2D eigenvalue weighted by Gasteiger charge is -2.09. The molecule has 0 unspecified atom stereocenters. The molecule has 13 heavy (non-hydrogen) atoms. The van der Waals surface area contributed by atoms with Gasteiger partial charge < -0.3 is 5.32 Å². The summed E-state index contributed by atoms with van der Waals surface area (Å²) < 4.78 is 0. The summed E-state index contributed by atoms with van der Waals surface area (Å²) in [5.41, 5.74) is 0. The van der Waals surface area contributed by atoms with Crippen molar-refractivity contribution in [3.63, 3.8) is 0 Å². The van der Waals surface area contributed by atoms with Crippen LogP contribution in [0.25, 0.3) is 0 Å². The van der Waals surface area contributed by atoms with Gasteiger partial charge in [-0.2, -0.15) is 0 Å². The van der Waals surface area contributed by atoms with E-state index in [4.69, 9.17) is 11.6 Å². The fourth-order valence-corrected chi connectivity index (χ4v) is 2.85. The van der Waals surface area contributed by atoms with Crippen LogP contribution in [0.4, 0.5) is 0 Å². The molecule has 0 bridgehead atoms. The number of nitrogens with one attached hydrogen (secondary N) is 1. The first-order chi connectivity index (χ1) is 6.34. The van der Waals surface area contributed by atoms with E-state index in [0.717, 1.165) is 17.6 Å². The van der Waals surface area contributed by atoms with E-state index in [1.807, 2.05) is 11.4 Å². The molecule has 0 atom stereocenters. The highest BCUT2D eigenvalue weighted by atomic mass is 35.5. The van der Waals surface area contributed by atoms with Gasteiger partial charge in [-0.15, -0.1) is 11.3 Å². The highest BCUT2D eigenvalue weighted by Gasteiger charge is 2.13. The van der Waals surface area contributed by atoms with Gasteiger partial charge in [-0.1, -0.05) is 24.4 Å². The summed E-state index contributed by atoms with van der Waals surface area (Å²) in [7, 11) is 0. The van der Waals surface area contributed by atoms with E-state index in [0.29, 0.717) is 0 Å². The predicted octanol–water partition coefficient (Wildman–Crippen LogP) is 3.43. The summed E-state index contributed by atoms with van der Waals surface area (Å²) in [5.74, 6) is 0. The molecule has 0 saturated heterocycles. The molecule has 0 aromatic carbocycles. The molecule has 1 N–H and O–H groups in total. The average molecular weight is 216 g/mol. The lowest BCUT2D eigenvalue weighted by atomic mass is 10.2. The van der Waals surface area contributed by atoms with E-state index in [1.54, 1.807) is 11.3 Å². The first-order valence-corrected chi connectivity index (χ1v) is 6.06. The van der Waals surface area contributed by atoms with Gasteiger partial charge in [-0.25, -0.2) is 0 Å².